The highest BCUT2D eigenvalue weighted by Gasteiger charge is 2.61. The number of aliphatic hydroxyl groups is 1. The van der Waals surface area contributed by atoms with E-state index in [9.17, 15) is 15.0 Å². The largest absolute Gasteiger partial charge is 0.481 e. The molecule has 1 unspecified atom stereocenters. The van der Waals surface area contributed by atoms with Crippen LogP contribution in [0.4, 0.5) is 0 Å². The molecule has 142 valence electrons. The molecule has 4 rings (SSSR count). The van der Waals surface area contributed by atoms with E-state index in [1.807, 2.05) is 6.92 Å². The zero-order valence-corrected chi connectivity index (χ0v) is 16.2. The molecule has 4 aliphatic rings. The number of carbonyl (C=O) groups is 1. The van der Waals surface area contributed by atoms with Crippen molar-refractivity contribution in [2.24, 2.45) is 46.3 Å². The molecule has 4 fully saturated rings. The summed E-state index contributed by atoms with van der Waals surface area (Å²) in [7, 11) is 0. The van der Waals surface area contributed by atoms with Crippen LogP contribution in [0, 0.1) is 46.3 Å². The van der Waals surface area contributed by atoms with Crippen LogP contribution in [-0.2, 0) is 4.79 Å². The Labute approximate surface area is 152 Å². The van der Waals surface area contributed by atoms with Crippen molar-refractivity contribution in [2.75, 3.05) is 0 Å². The van der Waals surface area contributed by atoms with Crippen LogP contribution in [0.15, 0.2) is 0 Å². The smallest absolute Gasteiger partial charge is 0.306 e. The molecule has 25 heavy (non-hydrogen) atoms. The van der Waals surface area contributed by atoms with Crippen LogP contribution in [0.1, 0.15) is 78.6 Å². The van der Waals surface area contributed by atoms with E-state index in [2.05, 4.69) is 13.8 Å². The fourth-order valence-corrected chi connectivity index (χ4v) is 8.27. The number of carboxylic acid groups (broad SMARTS) is 1. The van der Waals surface area contributed by atoms with Gasteiger partial charge in [0.15, 0.2) is 0 Å². The first-order valence-electron chi connectivity index (χ1n) is 10.7. The fraction of sp³-hybridized carbons (Fsp3) is 0.955. The molecule has 0 radical (unpaired) electrons. The van der Waals surface area contributed by atoms with E-state index in [0.717, 1.165) is 37.0 Å². The number of aliphatic hydroxyl groups excluding tert-OH is 1. The summed E-state index contributed by atoms with van der Waals surface area (Å²) in [5.41, 5.74) is 0.649. The highest BCUT2D eigenvalue weighted by atomic mass is 16.4. The summed E-state index contributed by atoms with van der Waals surface area (Å²) >= 11 is 0. The van der Waals surface area contributed by atoms with Crippen LogP contribution in [0.3, 0.4) is 0 Å². The summed E-state index contributed by atoms with van der Waals surface area (Å²) in [4.78, 5) is 11.6. The molecule has 0 heterocycles. The molecule has 0 spiro atoms. The molecule has 9 atom stereocenters. The van der Waals surface area contributed by atoms with Crippen molar-refractivity contribution in [2.45, 2.75) is 84.7 Å². The average Bonchev–Trinajstić information content (AvgIpc) is 2.92. The molecule has 0 amide bonds. The number of fused-ring (bicyclic) bond motifs is 5. The lowest BCUT2D eigenvalue weighted by molar-refractivity contribution is -0.149. The Hall–Kier alpha value is -0.570. The molecule has 0 bridgehead atoms. The first-order valence-corrected chi connectivity index (χ1v) is 10.7. The van der Waals surface area contributed by atoms with Gasteiger partial charge in [-0.05, 0) is 98.2 Å². The maximum absolute atomic E-state index is 11.6. The molecule has 0 aromatic heterocycles. The van der Waals surface area contributed by atoms with E-state index in [0.29, 0.717) is 17.3 Å². The van der Waals surface area contributed by atoms with Gasteiger partial charge in [0.25, 0.3) is 0 Å². The van der Waals surface area contributed by atoms with Gasteiger partial charge in [0, 0.05) is 0 Å². The van der Waals surface area contributed by atoms with E-state index in [1.54, 1.807) is 0 Å². The van der Waals surface area contributed by atoms with Crippen molar-refractivity contribution in [3.05, 3.63) is 0 Å². The third-order valence-electron chi connectivity index (χ3n) is 9.70. The lowest BCUT2D eigenvalue weighted by Crippen LogP contribution is -2.54. The van der Waals surface area contributed by atoms with Crippen molar-refractivity contribution < 1.29 is 15.0 Å². The second-order valence-corrected chi connectivity index (χ2v) is 10.4. The maximum atomic E-state index is 11.6. The minimum Gasteiger partial charge on any atom is -0.481 e. The Balaban J connectivity index is 1.59. The zero-order valence-electron chi connectivity index (χ0n) is 16.2. The van der Waals surface area contributed by atoms with Crippen molar-refractivity contribution in [1.82, 2.24) is 0 Å². The van der Waals surface area contributed by atoms with Crippen molar-refractivity contribution >= 4 is 5.97 Å². The lowest BCUT2D eigenvalue weighted by Gasteiger charge is -2.61. The van der Waals surface area contributed by atoms with E-state index in [4.69, 9.17) is 0 Å². The predicted octanol–water partition coefficient (Wildman–Crippen LogP) is 4.73. The van der Waals surface area contributed by atoms with Gasteiger partial charge >= 0.3 is 5.97 Å². The zero-order chi connectivity index (χ0) is 18.0. The predicted molar refractivity (Wildman–Crippen MR) is 98.0 cm³/mol. The third-order valence-corrected chi connectivity index (χ3v) is 9.70. The molecule has 0 aromatic carbocycles. The van der Waals surface area contributed by atoms with Gasteiger partial charge in [-0.15, -0.1) is 0 Å². The fourth-order valence-electron chi connectivity index (χ4n) is 8.27. The van der Waals surface area contributed by atoms with Gasteiger partial charge in [0.2, 0.25) is 0 Å². The van der Waals surface area contributed by atoms with Gasteiger partial charge in [0.05, 0.1) is 12.0 Å². The Morgan fingerprint density at radius 2 is 1.64 bits per heavy atom. The van der Waals surface area contributed by atoms with Crippen molar-refractivity contribution in [3.63, 3.8) is 0 Å². The first-order chi connectivity index (χ1) is 11.8. The summed E-state index contributed by atoms with van der Waals surface area (Å²) in [6, 6.07) is 0. The Morgan fingerprint density at radius 3 is 2.36 bits per heavy atom. The average molecular weight is 349 g/mol. The Kier molecular flexibility index (Phi) is 4.26. The van der Waals surface area contributed by atoms with Gasteiger partial charge in [-0.1, -0.05) is 20.8 Å². The molecule has 0 saturated heterocycles. The second kappa shape index (κ2) is 5.97. The second-order valence-electron chi connectivity index (χ2n) is 10.4. The standard InChI is InChI=1S/C22H36O3/c1-13(20(24)25)17-6-7-18-16-5-4-14-12-15(23)8-10-21(14,2)19(16)9-11-22(17,18)3/h13-19,23H,4-12H2,1-3H3,(H,24,25)/t13?,14-,15-,16+,17-,18+,19+,21+,22-/m1/s1. The van der Waals surface area contributed by atoms with Crippen LogP contribution < -0.4 is 0 Å². The maximum Gasteiger partial charge on any atom is 0.306 e. The van der Waals surface area contributed by atoms with Crippen molar-refractivity contribution in [1.29, 1.82) is 0 Å². The Bertz CT molecular complexity index is 545. The molecule has 2 N–H and O–H groups in total. The summed E-state index contributed by atoms with van der Waals surface area (Å²) in [6.07, 6.45) is 10.5. The topological polar surface area (TPSA) is 57.5 Å². The Morgan fingerprint density at radius 1 is 0.960 bits per heavy atom. The summed E-state index contributed by atoms with van der Waals surface area (Å²) in [5, 5.41) is 19.7. The number of carboxylic acids is 1. The molecule has 4 saturated carbocycles. The number of aliphatic carboxylic acids is 1. The van der Waals surface area contributed by atoms with Crippen LogP contribution in [-0.4, -0.2) is 22.3 Å². The first kappa shape index (κ1) is 17.8. The highest BCUT2D eigenvalue weighted by Crippen LogP contribution is 2.68. The highest BCUT2D eigenvalue weighted by molar-refractivity contribution is 5.70. The van der Waals surface area contributed by atoms with Crippen LogP contribution >= 0.6 is 0 Å². The summed E-state index contributed by atoms with van der Waals surface area (Å²) in [6.45, 7) is 6.88. The van der Waals surface area contributed by atoms with E-state index in [-0.39, 0.29) is 17.4 Å². The minimum absolute atomic E-state index is 0.0734. The minimum atomic E-state index is -0.606. The summed E-state index contributed by atoms with van der Waals surface area (Å²) < 4.78 is 0. The third kappa shape index (κ3) is 2.51. The van der Waals surface area contributed by atoms with Crippen molar-refractivity contribution in [3.8, 4) is 0 Å². The van der Waals surface area contributed by atoms with Gasteiger partial charge in [-0.3, -0.25) is 4.79 Å². The normalized spacial score (nSPS) is 53.4. The molecule has 3 heteroatoms. The molecular formula is C22H36O3. The quantitative estimate of drug-likeness (QED) is 0.758. The van der Waals surface area contributed by atoms with E-state index >= 15 is 0 Å². The molecular weight excluding hydrogens is 312 g/mol. The van der Waals surface area contributed by atoms with Gasteiger partial charge in [-0.2, -0.15) is 0 Å². The monoisotopic (exact) mass is 348 g/mol. The molecule has 0 aromatic rings. The number of hydrogen-bond donors (Lipinski definition) is 2. The van der Waals surface area contributed by atoms with Gasteiger partial charge in [0.1, 0.15) is 0 Å². The van der Waals surface area contributed by atoms with Crippen LogP contribution in [0.25, 0.3) is 0 Å². The molecule has 0 aliphatic heterocycles. The van der Waals surface area contributed by atoms with E-state index < -0.39 is 5.97 Å². The lowest BCUT2D eigenvalue weighted by atomic mass is 9.44. The van der Waals surface area contributed by atoms with Crippen LogP contribution in [0.2, 0.25) is 0 Å². The van der Waals surface area contributed by atoms with Gasteiger partial charge < -0.3 is 10.2 Å². The van der Waals surface area contributed by atoms with Crippen LogP contribution in [0.5, 0.6) is 0 Å². The SMILES string of the molecule is CC(C(=O)O)[C@H]1CC[C@H]2[C@@H]3CC[C@@H]4C[C@H](O)CC[C@]4(C)[C@H]3CC[C@]12C. The molecule has 4 aliphatic carbocycles. The summed E-state index contributed by atoms with van der Waals surface area (Å²) in [5.74, 6) is 2.57. The molecule has 3 nitrogen and oxygen atoms in total. The van der Waals surface area contributed by atoms with Gasteiger partial charge in [-0.25, -0.2) is 0 Å². The number of hydrogen-bond acceptors (Lipinski definition) is 2. The van der Waals surface area contributed by atoms with E-state index in [1.165, 1.54) is 38.5 Å². The number of rotatable bonds is 2.